The summed E-state index contributed by atoms with van der Waals surface area (Å²) in [6.07, 6.45) is 4.91. The Bertz CT molecular complexity index is 899. The Labute approximate surface area is 210 Å². The second kappa shape index (κ2) is 14.4. The summed E-state index contributed by atoms with van der Waals surface area (Å²) in [5, 5.41) is 15.5. The average molecular weight is 511 g/mol. The fourth-order valence-electron chi connectivity index (χ4n) is 4.23. The number of aryl methyl sites for hydroxylation is 1. The van der Waals surface area contributed by atoms with E-state index in [-0.39, 0.29) is 29.8 Å². The van der Waals surface area contributed by atoms with E-state index in [0.29, 0.717) is 25.9 Å². The molecule has 9 nitrogen and oxygen atoms in total. The van der Waals surface area contributed by atoms with E-state index in [1.165, 1.54) is 31.4 Å². The summed E-state index contributed by atoms with van der Waals surface area (Å²) in [6.45, 7) is 9.72. The quantitative estimate of drug-likeness (QED) is 0.331. The fourth-order valence-corrected chi connectivity index (χ4v) is 6.00. The second-order valence-electron chi connectivity index (χ2n) is 9.72. The molecule has 2 amide bonds. The zero-order chi connectivity index (χ0) is 25.8. The summed E-state index contributed by atoms with van der Waals surface area (Å²) in [7, 11) is -3.96. The Balaban J connectivity index is 1.85. The van der Waals surface area contributed by atoms with Gasteiger partial charge in [-0.25, -0.2) is 13.2 Å². The molecule has 1 aromatic rings. The second-order valence-corrected chi connectivity index (χ2v) is 11.6. The first kappa shape index (κ1) is 29.1. The third-order valence-electron chi connectivity index (χ3n) is 6.16. The van der Waals surface area contributed by atoms with Gasteiger partial charge in [0.15, 0.2) is 0 Å². The molecular formula is C25H42N4O5S. The number of hydrogen-bond donors (Lipinski definition) is 3. The van der Waals surface area contributed by atoms with Gasteiger partial charge < -0.3 is 20.6 Å². The smallest absolute Gasteiger partial charge is 0.322 e. The van der Waals surface area contributed by atoms with Crippen molar-refractivity contribution in [2.24, 2.45) is 5.92 Å². The molecule has 10 heteroatoms. The molecule has 0 aromatic heterocycles. The number of benzene rings is 1. The first-order valence-electron chi connectivity index (χ1n) is 12.7. The van der Waals surface area contributed by atoms with Gasteiger partial charge in [-0.3, -0.25) is 4.79 Å². The van der Waals surface area contributed by atoms with Crippen LogP contribution in [0.25, 0.3) is 0 Å². The zero-order valence-electron chi connectivity index (χ0n) is 21.3. The molecule has 0 saturated carbocycles. The lowest BCUT2D eigenvalue weighted by Gasteiger charge is -2.29. The first-order chi connectivity index (χ1) is 16.6. The van der Waals surface area contributed by atoms with Crippen LogP contribution in [0, 0.1) is 12.8 Å². The van der Waals surface area contributed by atoms with Crippen LogP contribution in [0.2, 0.25) is 0 Å². The van der Waals surface area contributed by atoms with Crippen molar-refractivity contribution >= 4 is 22.0 Å². The molecule has 2 rings (SSSR count). The number of nitrogens with one attached hydrogen (secondary N) is 2. The van der Waals surface area contributed by atoms with Gasteiger partial charge in [0.05, 0.1) is 4.90 Å². The lowest BCUT2D eigenvalue weighted by molar-refractivity contribution is -0.141. The minimum Gasteiger partial charge on any atom is -0.480 e. The molecular weight excluding hydrogens is 468 g/mol. The Morgan fingerprint density at radius 2 is 1.66 bits per heavy atom. The Hall–Kier alpha value is -2.17. The van der Waals surface area contributed by atoms with Crippen molar-refractivity contribution in [2.45, 2.75) is 70.2 Å². The summed E-state index contributed by atoms with van der Waals surface area (Å²) in [5.74, 6) is -1.20. The third kappa shape index (κ3) is 9.77. The number of unbranched alkanes of at least 4 members (excludes halogenated alkanes) is 1. The highest BCUT2D eigenvalue weighted by atomic mass is 32.2. The minimum atomic E-state index is -3.96. The van der Waals surface area contributed by atoms with E-state index in [2.05, 4.69) is 15.5 Å². The zero-order valence-corrected chi connectivity index (χ0v) is 22.1. The first-order valence-corrected chi connectivity index (χ1v) is 14.1. The molecule has 35 heavy (non-hydrogen) atoms. The minimum absolute atomic E-state index is 0.0348. The maximum atomic E-state index is 13.3. The number of likely N-dealkylation sites (tertiary alicyclic amines) is 1. The van der Waals surface area contributed by atoms with Crippen LogP contribution in [0.15, 0.2) is 29.2 Å². The van der Waals surface area contributed by atoms with Crippen molar-refractivity contribution in [3.05, 3.63) is 29.8 Å². The fraction of sp³-hybridized carbons (Fsp3) is 0.680. The lowest BCUT2D eigenvalue weighted by atomic mass is 10.1. The van der Waals surface area contributed by atoms with Crippen molar-refractivity contribution in [3.63, 3.8) is 0 Å². The number of carbonyl (C=O) groups excluding carboxylic acids is 1. The molecule has 1 aliphatic heterocycles. The molecule has 0 unspecified atom stereocenters. The predicted molar refractivity (Wildman–Crippen MR) is 137 cm³/mol. The number of carboxylic acids is 1. The molecule has 0 aliphatic carbocycles. The number of nitrogens with zero attached hydrogens (tertiary/aromatic N) is 2. The summed E-state index contributed by atoms with van der Waals surface area (Å²) < 4.78 is 27.7. The van der Waals surface area contributed by atoms with E-state index in [0.717, 1.165) is 29.5 Å². The van der Waals surface area contributed by atoms with Gasteiger partial charge in [0.2, 0.25) is 10.0 Å². The molecule has 198 valence electrons. The van der Waals surface area contributed by atoms with Gasteiger partial charge in [-0.1, -0.05) is 38.0 Å². The SMILES string of the molecule is Cc1ccc(S(=O)(=O)N(CC(C)C)[C@@H](CCCCNC(=O)NCCN2CCCCC2)C(=O)O)cc1. The molecule has 0 bridgehead atoms. The number of hydrogen-bond acceptors (Lipinski definition) is 5. The van der Waals surface area contributed by atoms with Crippen LogP contribution in [-0.4, -0.2) is 80.0 Å². The van der Waals surface area contributed by atoms with Crippen LogP contribution in [0.3, 0.4) is 0 Å². The van der Waals surface area contributed by atoms with E-state index in [4.69, 9.17) is 0 Å². The summed E-state index contributed by atoms with van der Waals surface area (Å²) in [5.41, 5.74) is 0.928. The molecule has 1 aromatic carbocycles. The maximum absolute atomic E-state index is 13.3. The van der Waals surface area contributed by atoms with E-state index in [1.54, 1.807) is 12.1 Å². The average Bonchev–Trinajstić information content (AvgIpc) is 2.81. The van der Waals surface area contributed by atoms with Crippen molar-refractivity contribution in [3.8, 4) is 0 Å². The van der Waals surface area contributed by atoms with Crippen LogP contribution >= 0.6 is 0 Å². The number of aliphatic carboxylic acids is 1. The van der Waals surface area contributed by atoms with Gasteiger partial charge in [0, 0.05) is 26.2 Å². The highest BCUT2D eigenvalue weighted by molar-refractivity contribution is 7.89. The van der Waals surface area contributed by atoms with Gasteiger partial charge in [-0.2, -0.15) is 4.31 Å². The van der Waals surface area contributed by atoms with E-state index < -0.39 is 22.0 Å². The monoisotopic (exact) mass is 510 g/mol. The number of sulfonamides is 1. The van der Waals surface area contributed by atoms with Gasteiger partial charge >= 0.3 is 12.0 Å². The van der Waals surface area contributed by atoms with E-state index >= 15 is 0 Å². The van der Waals surface area contributed by atoms with Crippen molar-refractivity contribution in [2.75, 3.05) is 39.3 Å². The van der Waals surface area contributed by atoms with Crippen LogP contribution in [-0.2, 0) is 14.8 Å². The van der Waals surface area contributed by atoms with E-state index in [9.17, 15) is 23.1 Å². The molecule has 3 N–H and O–H groups in total. The van der Waals surface area contributed by atoms with E-state index in [1.807, 2.05) is 20.8 Å². The third-order valence-corrected chi connectivity index (χ3v) is 8.05. The largest absolute Gasteiger partial charge is 0.480 e. The van der Waals surface area contributed by atoms with Crippen LogP contribution in [0.5, 0.6) is 0 Å². The molecule has 0 spiro atoms. The van der Waals surface area contributed by atoms with Gasteiger partial charge in [0.25, 0.3) is 0 Å². The highest BCUT2D eigenvalue weighted by Gasteiger charge is 2.35. The molecule has 1 saturated heterocycles. The highest BCUT2D eigenvalue weighted by Crippen LogP contribution is 2.23. The molecule has 0 radical (unpaired) electrons. The van der Waals surface area contributed by atoms with Gasteiger partial charge in [0.1, 0.15) is 6.04 Å². The maximum Gasteiger partial charge on any atom is 0.322 e. The normalized spacial score (nSPS) is 15.8. The van der Waals surface area contributed by atoms with Crippen molar-refractivity contribution in [1.82, 2.24) is 19.8 Å². The summed E-state index contributed by atoms with van der Waals surface area (Å²) >= 11 is 0. The predicted octanol–water partition coefficient (Wildman–Crippen LogP) is 3.05. The standard InChI is InChI=1S/C25H42N4O5S/c1-20(2)19-29(35(33,34)22-12-10-21(3)11-13-22)23(24(30)31)9-5-6-14-26-25(32)27-15-18-28-16-7-4-8-17-28/h10-13,20,23H,4-9,14-19H2,1-3H3,(H,30,31)(H2,26,27,32)/t23-/m0/s1. The van der Waals surface area contributed by atoms with Crippen molar-refractivity contribution < 1.29 is 23.1 Å². The van der Waals surface area contributed by atoms with Crippen molar-refractivity contribution in [1.29, 1.82) is 0 Å². The number of rotatable bonds is 14. The Morgan fingerprint density at radius 1 is 1.03 bits per heavy atom. The molecule has 1 heterocycles. The molecule has 1 aliphatic rings. The van der Waals surface area contributed by atoms with Gasteiger partial charge in [-0.15, -0.1) is 0 Å². The number of amides is 2. The lowest BCUT2D eigenvalue weighted by Crippen LogP contribution is -2.46. The number of piperidine rings is 1. The summed E-state index contributed by atoms with van der Waals surface area (Å²) in [6, 6.07) is 5.05. The molecule has 1 atom stereocenters. The Kier molecular flexibility index (Phi) is 12.0. The number of carboxylic acid groups (broad SMARTS) is 1. The van der Waals surface area contributed by atoms with Gasteiger partial charge in [-0.05, 0) is 70.2 Å². The molecule has 1 fully saturated rings. The number of carbonyl (C=O) groups is 2. The Morgan fingerprint density at radius 3 is 2.26 bits per heavy atom. The number of urea groups is 1. The van der Waals surface area contributed by atoms with Crippen LogP contribution < -0.4 is 10.6 Å². The topological polar surface area (TPSA) is 119 Å². The van der Waals surface area contributed by atoms with Crippen LogP contribution in [0.4, 0.5) is 4.79 Å². The summed E-state index contributed by atoms with van der Waals surface area (Å²) in [4.78, 5) is 26.5. The van der Waals surface area contributed by atoms with Crippen LogP contribution in [0.1, 0.15) is 57.9 Å².